The molecule has 0 fully saturated rings. The van der Waals surface area contributed by atoms with Crippen LogP contribution in [0, 0.1) is 0 Å². The molecule has 0 aliphatic heterocycles. The van der Waals surface area contributed by atoms with Gasteiger partial charge in [0.1, 0.15) is 0 Å². The number of methoxy groups -OCH3 is 3. The first-order valence-corrected chi connectivity index (χ1v) is 7.53. The average molecular weight is 378 g/mol. The number of carbonyl (C=O) groups excluding carboxylic acids is 1. The minimum absolute atomic E-state index is 0.196. The molecule has 0 radical (unpaired) electrons. The predicted octanol–water partition coefficient (Wildman–Crippen LogP) is -0.954. The van der Waals surface area contributed by atoms with E-state index in [9.17, 15) is 14.4 Å². The van der Waals surface area contributed by atoms with Gasteiger partial charge in [-0.15, -0.1) is 5.10 Å². The summed E-state index contributed by atoms with van der Waals surface area (Å²) >= 11 is 0. The summed E-state index contributed by atoms with van der Waals surface area (Å²) in [4.78, 5) is 36.0. The van der Waals surface area contributed by atoms with Crippen LogP contribution in [-0.2, 0) is 4.79 Å². The van der Waals surface area contributed by atoms with Gasteiger partial charge in [-0.05, 0) is 12.1 Å². The molecular formula is C15H18N6O6. The molecule has 12 heteroatoms. The van der Waals surface area contributed by atoms with E-state index in [0.717, 1.165) is 0 Å². The Bertz CT molecular complexity index is 925. The van der Waals surface area contributed by atoms with Crippen molar-refractivity contribution in [1.82, 2.24) is 20.6 Å². The zero-order valence-corrected chi connectivity index (χ0v) is 14.8. The van der Waals surface area contributed by atoms with Crippen molar-refractivity contribution in [3.05, 3.63) is 38.5 Å². The third-order valence-electron chi connectivity index (χ3n) is 3.22. The van der Waals surface area contributed by atoms with E-state index in [0.29, 0.717) is 22.8 Å². The lowest BCUT2D eigenvalue weighted by atomic mass is 10.2. The van der Waals surface area contributed by atoms with Crippen molar-refractivity contribution in [1.29, 1.82) is 0 Å². The zero-order valence-electron chi connectivity index (χ0n) is 14.8. The number of rotatable bonds is 8. The van der Waals surface area contributed by atoms with E-state index in [-0.39, 0.29) is 12.4 Å². The standard InChI is InChI=1S/C15H18N6O6/c1-25-9-4-8(5-10(26-2)12(9)27-3)6-17-19-11(22)7-16-13-14(23)18-15(24)21-20-13/h4-6H,7H2,1-3H3,(H,16,20)(H,19,22)(H2,18,21,23,24)/b17-6+. The molecule has 4 N–H and O–H groups in total. The number of hydrogen-bond acceptors (Lipinski definition) is 9. The second-order valence-electron chi connectivity index (χ2n) is 4.96. The number of ether oxygens (including phenoxy) is 3. The third kappa shape index (κ3) is 5.07. The summed E-state index contributed by atoms with van der Waals surface area (Å²) in [6.07, 6.45) is 1.38. The highest BCUT2D eigenvalue weighted by atomic mass is 16.5. The van der Waals surface area contributed by atoms with Crippen LogP contribution in [0.2, 0.25) is 0 Å². The van der Waals surface area contributed by atoms with Crippen molar-refractivity contribution in [2.24, 2.45) is 5.10 Å². The first kappa shape index (κ1) is 19.5. The molecule has 2 aromatic rings. The summed E-state index contributed by atoms with van der Waals surface area (Å²) in [6.45, 7) is -0.283. The summed E-state index contributed by atoms with van der Waals surface area (Å²) in [5.41, 5.74) is 1.38. The minimum Gasteiger partial charge on any atom is -0.493 e. The van der Waals surface area contributed by atoms with E-state index >= 15 is 0 Å². The fourth-order valence-electron chi connectivity index (χ4n) is 2.03. The Kier molecular flexibility index (Phi) is 6.52. The van der Waals surface area contributed by atoms with Gasteiger partial charge in [0.05, 0.1) is 34.1 Å². The van der Waals surface area contributed by atoms with Gasteiger partial charge in [0, 0.05) is 5.56 Å². The van der Waals surface area contributed by atoms with Gasteiger partial charge in [-0.1, -0.05) is 0 Å². The van der Waals surface area contributed by atoms with Crippen molar-refractivity contribution in [2.75, 3.05) is 33.2 Å². The van der Waals surface area contributed by atoms with Gasteiger partial charge in [0.25, 0.3) is 11.5 Å². The summed E-state index contributed by atoms with van der Waals surface area (Å²) in [7, 11) is 4.46. The monoisotopic (exact) mass is 378 g/mol. The maximum atomic E-state index is 11.8. The molecule has 0 saturated heterocycles. The molecule has 1 amide bonds. The molecule has 0 unspecified atom stereocenters. The van der Waals surface area contributed by atoms with E-state index in [1.807, 2.05) is 10.1 Å². The summed E-state index contributed by atoms with van der Waals surface area (Å²) in [6, 6.07) is 3.30. The molecule has 0 bridgehead atoms. The number of hydrazone groups is 1. The van der Waals surface area contributed by atoms with E-state index in [1.165, 1.54) is 27.5 Å². The van der Waals surface area contributed by atoms with Crippen LogP contribution >= 0.6 is 0 Å². The third-order valence-corrected chi connectivity index (χ3v) is 3.22. The lowest BCUT2D eigenvalue weighted by Crippen LogP contribution is -2.31. The molecule has 0 spiro atoms. The fourth-order valence-corrected chi connectivity index (χ4v) is 2.03. The SMILES string of the molecule is COc1cc(/C=N/NC(=O)CNc2n[nH]c(=O)[nH]c2=O)cc(OC)c1OC. The summed E-state index contributed by atoms with van der Waals surface area (Å²) in [5.74, 6) is 0.581. The quantitative estimate of drug-likeness (QED) is 0.338. The molecule has 27 heavy (non-hydrogen) atoms. The molecule has 2 rings (SSSR count). The summed E-state index contributed by atoms with van der Waals surface area (Å²) in [5, 5.41) is 11.8. The van der Waals surface area contributed by atoms with Crippen molar-refractivity contribution >= 4 is 17.9 Å². The Morgan fingerprint density at radius 3 is 2.41 bits per heavy atom. The highest BCUT2D eigenvalue weighted by Crippen LogP contribution is 2.37. The molecule has 0 saturated carbocycles. The Morgan fingerprint density at radius 2 is 1.85 bits per heavy atom. The van der Waals surface area contributed by atoms with Crippen molar-refractivity contribution in [2.45, 2.75) is 0 Å². The Morgan fingerprint density at radius 1 is 1.19 bits per heavy atom. The van der Waals surface area contributed by atoms with Crippen LogP contribution in [-0.4, -0.2) is 55.2 Å². The van der Waals surface area contributed by atoms with E-state index in [4.69, 9.17) is 14.2 Å². The van der Waals surface area contributed by atoms with E-state index in [1.54, 1.807) is 12.1 Å². The number of benzene rings is 1. The molecule has 12 nitrogen and oxygen atoms in total. The predicted molar refractivity (Wildman–Crippen MR) is 95.8 cm³/mol. The number of amides is 1. The van der Waals surface area contributed by atoms with Crippen LogP contribution in [0.3, 0.4) is 0 Å². The molecule has 1 heterocycles. The number of aromatic nitrogens is 3. The molecule has 0 atom stereocenters. The molecule has 0 aliphatic carbocycles. The highest BCUT2D eigenvalue weighted by molar-refractivity contribution is 5.85. The van der Waals surface area contributed by atoms with Crippen molar-refractivity contribution in [3.63, 3.8) is 0 Å². The normalized spacial score (nSPS) is 10.5. The second kappa shape index (κ2) is 9.03. The number of aromatic amines is 2. The Balaban J connectivity index is 1.99. The molecule has 1 aromatic carbocycles. The topological polar surface area (TPSA) is 160 Å². The first-order chi connectivity index (χ1) is 13.0. The van der Waals surface area contributed by atoms with Crippen molar-refractivity contribution in [3.8, 4) is 17.2 Å². The molecule has 144 valence electrons. The van der Waals surface area contributed by atoms with Gasteiger partial charge in [-0.3, -0.25) is 14.6 Å². The minimum atomic E-state index is -0.745. The first-order valence-electron chi connectivity index (χ1n) is 7.53. The Labute approximate surface area is 152 Å². The smallest absolute Gasteiger partial charge is 0.342 e. The number of hydrogen-bond donors (Lipinski definition) is 4. The lowest BCUT2D eigenvalue weighted by molar-refractivity contribution is -0.119. The van der Waals surface area contributed by atoms with Crippen LogP contribution in [0.4, 0.5) is 5.82 Å². The van der Waals surface area contributed by atoms with Gasteiger partial charge in [-0.2, -0.15) is 5.10 Å². The zero-order chi connectivity index (χ0) is 19.8. The number of anilines is 1. The van der Waals surface area contributed by atoms with Crippen LogP contribution < -0.4 is 36.2 Å². The fraction of sp³-hybridized carbons (Fsp3) is 0.267. The van der Waals surface area contributed by atoms with E-state index in [2.05, 4.69) is 20.9 Å². The number of nitrogens with one attached hydrogen (secondary N) is 4. The molecule has 0 aliphatic rings. The number of nitrogens with zero attached hydrogens (tertiary/aromatic N) is 2. The van der Waals surface area contributed by atoms with E-state index < -0.39 is 17.2 Å². The maximum Gasteiger partial charge on any atom is 0.342 e. The second-order valence-corrected chi connectivity index (χ2v) is 4.96. The van der Waals surface area contributed by atoms with Gasteiger partial charge in [0.2, 0.25) is 11.6 Å². The number of carbonyl (C=O) groups is 1. The van der Waals surface area contributed by atoms with Crippen LogP contribution in [0.5, 0.6) is 17.2 Å². The van der Waals surface area contributed by atoms with Gasteiger partial charge < -0.3 is 19.5 Å². The molecule has 1 aromatic heterocycles. The lowest BCUT2D eigenvalue weighted by Gasteiger charge is -2.12. The highest BCUT2D eigenvalue weighted by Gasteiger charge is 2.12. The van der Waals surface area contributed by atoms with Crippen LogP contribution in [0.15, 0.2) is 26.8 Å². The average Bonchev–Trinajstić information content (AvgIpc) is 2.66. The largest absolute Gasteiger partial charge is 0.493 e. The maximum absolute atomic E-state index is 11.8. The van der Waals surface area contributed by atoms with Crippen LogP contribution in [0.1, 0.15) is 5.56 Å². The van der Waals surface area contributed by atoms with Gasteiger partial charge >= 0.3 is 5.69 Å². The Hall–Kier alpha value is -3.83. The van der Waals surface area contributed by atoms with Gasteiger partial charge in [-0.25, -0.2) is 15.3 Å². The number of H-pyrrole nitrogens is 2. The summed E-state index contributed by atoms with van der Waals surface area (Å²) < 4.78 is 15.7. The molecular weight excluding hydrogens is 360 g/mol. The van der Waals surface area contributed by atoms with Crippen molar-refractivity contribution < 1.29 is 19.0 Å². The van der Waals surface area contributed by atoms with Crippen LogP contribution in [0.25, 0.3) is 0 Å². The van der Waals surface area contributed by atoms with Gasteiger partial charge in [0.15, 0.2) is 11.5 Å².